The molecule has 0 bridgehead atoms. The van der Waals surface area contributed by atoms with E-state index >= 15 is 0 Å². The van der Waals surface area contributed by atoms with Crippen LogP contribution in [-0.4, -0.2) is 52.5 Å². The van der Waals surface area contributed by atoms with Crippen LogP contribution in [0, 0.1) is 11.3 Å². The number of hydrogen-bond acceptors (Lipinski definition) is 2. The summed E-state index contributed by atoms with van der Waals surface area (Å²) in [5, 5.41) is 2.68. The molecular weight excluding hydrogens is 305 g/mol. The second-order valence-corrected chi connectivity index (χ2v) is 7.86. The maximum Gasteiger partial charge on any atom is 0.392 e. The van der Waals surface area contributed by atoms with Gasteiger partial charge in [-0.1, -0.05) is 13.8 Å². The van der Waals surface area contributed by atoms with Crippen LogP contribution in [0.3, 0.4) is 0 Å². The third kappa shape index (κ3) is 5.16. The van der Waals surface area contributed by atoms with Crippen LogP contribution in [0.2, 0.25) is 0 Å². The Balaban J connectivity index is 2.64. The van der Waals surface area contributed by atoms with Crippen molar-refractivity contribution in [1.82, 2.24) is 10.2 Å². The predicted molar refractivity (Wildman–Crippen MR) is 76.4 cm³/mol. The van der Waals surface area contributed by atoms with Gasteiger partial charge in [-0.3, -0.25) is 4.21 Å². The Morgan fingerprint density at radius 2 is 2.05 bits per heavy atom. The quantitative estimate of drug-likeness (QED) is 0.865. The Morgan fingerprint density at radius 1 is 1.48 bits per heavy atom. The number of piperidine rings is 1. The van der Waals surface area contributed by atoms with Crippen molar-refractivity contribution in [1.29, 1.82) is 0 Å². The highest BCUT2D eigenvalue weighted by molar-refractivity contribution is 7.84. The molecule has 0 aromatic heterocycles. The maximum atomic E-state index is 13.0. The van der Waals surface area contributed by atoms with Crippen LogP contribution in [0.25, 0.3) is 0 Å². The summed E-state index contributed by atoms with van der Waals surface area (Å²) in [6.45, 7) is 4.95. The van der Waals surface area contributed by atoms with Crippen molar-refractivity contribution in [2.75, 3.05) is 25.1 Å². The largest absolute Gasteiger partial charge is 0.392 e. The first-order valence-corrected chi connectivity index (χ1v) is 8.58. The first kappa shape index (κ1) is 18.3. The molecule has 1 fully saturated rings. The van der Waals surface area contributed by atoms with Crippen molar-refractivity contribution in [3.05, 3.63) is 0 Å². The topological polar surface area (TPSA) is 49.4 Å². The molecule has 2 amide bonds. The maximum absolute atomic E-state index is 13.0. The van der Waals surface area contributed by atoms with Crippen molar-refractivity contribution in [3.63, 3.8) is 0 Å². The van der Waals surface area contributed by atoms with Gasteiger partial charge in [-0.25, -0.2) is 4.79 Å². The van der Waals surface area contributed by atoms with Crippen molar-refractivity contribution in [2.45, 2.75) is 39.4 Å². The second-order valence-electron chi connectivity index (χ2n) is 6.38. The third-order valence-electron chi connectivity index (χ3n) is 3.77. The summed E-state index contributed by atoms with van der Waals surface area (Å²) in [5.41, 5.74) is -1.01. The van der Waals surface area contributed by atoms with Crippen molar-refractivity contribution in [3.8, 4) is 0 Å². The molecule has 124 valence electrons. The zero-order valence-corrected chi connectivity index (χ0v) is 13.6. The van der Waals surface area contributed by atoms with E-state index in [1.165, 1.54) is 18.7 Å². The summed E-state index contributed by atoms with van der Waals surface area (Å²) in [6, 6.07) is -0.659. The summed E-state index contributed by atoms with van der Waals surface area (Å²) in [5.74, 6) is -1.07. The Bertz CT molecular complexity index is 413. The molecule has 1 saturated heterocycles. The number of nitrogens with one attached hydrogen (secondary N) is 1. The van der Waals surface area contributed by atoms with Gasteiger partial charge in [-0.15, -0.1) is 0 Å². The standard InChI is InChI=1S/C13H23F3N2O2S/c1-9(7-21(4)20)17-11(19)18-6-5-10(13(14,15)16)12(2,3)8-18/h9-10H,5-8H2,1-4H3,(H,17,19)/t9-,10-,21-/m1/s1. The molecule has 1 rings (SSSR count). The van der Waals surface area contributed by atoms with E-state index in [9.17, 15) is 22.2 Å². The monoisotopic (exact) mass is 328 g/mol. The number of amides is 2. The molecule has 1 aliphatic heterocycles. The Hall–Kier alpha value is -0.790. The molecule has 0 aromatic carbocycles. The van der Waals surface area contributed by atoms with Crippen LogP contribution in [0.4, 0.5) is 18.0 Å². The van der Waals surface area contributed by atoms with Crippen LogP contribution < -0.4 is 5.32 Å². The van der Waals surface area contributed by atoms with Crippen LogP contribution in [0.1, 0.15) is 27.2 Å². The average Bonchev–Trinajstić information content (AvgIpc) is 2.23. The van der Waals surface area contributed by atoms with Gasteiger partial charge in [-0.05, 0) is 18.8 Å². The number of hydrogen-bond donors (Lipinski definition) is 1. The van der Waals surface area contributed by atoms with Crippen molar-refractivity contribution in [2.24, 2.45) is 11.3 Å². The van der Waals surface area contributed by atoms with E-state index in [0.29, 0.717) is 5.75 Å². The smallest absolute Gasteiger partial charge is 0.335 e. The van der Waals surface area contributed by atoms with Crippen molar-refractivity contribution < 1.29 is 22.2 Å². The van der Waals surface area contributed by atoms with Crippen LogP contribution in [-0.2, 0) is 10.8 Å². The molecule has 1 N–H and O–H groups in total. The molecule has 4 nitrogen and oxygen atoms in total. The van der Waals surface area contributed by atoms with Gasteiger partial charge in [0.1, 0.15) is 0 Å². The van der Waals surface area contributed by atoms with E-state index in [4.69, 9.17) is 0 Å². The molecular formula is C13H23F3N2O2S. The summed E-state index contributed by atoms with van der Waals surface area (Å²) < 4.78 is 50.0. The second kappa shape index (κ2) is 6.54. The Labute approximate surface area is 125 Å². The predicted octanol–water partition coefficient (Wildman–Crippen LogP) is 2.37. The minimum absolute atomic E-state index is 0.0605. The Morgan fingerprint density at radius 3 is 2.48 bits per heavy atom. The zero-order chi connectivity index (χ0) is 16.4. The molecule has 0 aromatic rings. The number of likely N-dealkylation sites (tertiary alicyclic amines) is 1. The highest BCUT2D eigenvalue weighted by Crippen LogP contribution is 2.44. The van der Waals surface area contributed by atoms with Gasteiger partial charge in [0.15, 0.2) is 0 Å². The number of nitrogens with zero attached hydrogens (tertiary/aromatic N) is 1. The van der Waals surface area contributed by atoms with Crippen LogP contribution >= 0.6 is 0 Å². The summed E-state index contributed by atoms with van der Waals surface area (Å²) in [6.07, 6.45) is -2.78. The molecule has 1 aliphatic rings. The molecule has 0 saturated carbocycles. The molecule has 0 unspecified atom stereocenters. The number of carbonyl (C=O) groups excluding carboxylic acids is 1. The van der Waals surface area contributed by atoms with Gasteiger partial charge in [0.25, 0.3) is 0 Å². The van der Waals surface area contributed by atoms with Gasteiger partial charge >= 0.3 is 12.2 Å². The van der Waals surface area contributed by atoms with Gasteiger partial charge in [0, 0.05) is 41.9 Å². The molecule has 3 atom stereocenters. The fourth-order valence-electron chi connectivity index (χ4n) is 2.83. The van der Waals surface area contributed by atoms with E-state index in [2.05, 4.69) is 5.32 Å². The minimum atomic E-state index is -4.24. The van der Waals surface area contributed by atoms with Gasteiger partial charge in [0.2, 0.25) is 0 Å². The van der Waals surface area contributed by atoms with Crippen LogP contribution in [0.5, 0.6) is 0 Å². The third-order valence-corrected chi connectivity index (χ3v) is 4.74. The van der Waals surface area contributed by atoms with Gasteiger partial charge in [0.05, 0.1) is 5.92 Å². The molecule has 1 heterocycles. The lowest BCUT2D eigenvalue weighted by Crippen LogP contribution is -2.55. The normalized spacial score (nSPS) is 25.3. The number of carbonyl (C=O) groups is 1. The molecule has 0 aliphatic carbocycles. The van der Waals surface area contributed by atoms with Gasteiger partial charge in [-0.2, -0.15) is 13.2 Å². The lowest BCUT2D eigenvalue weighted by Gasteiger charge is -2.44. The minimum Gasteiger partial charge on any atom is -0.335 e. The molecule has 21 heavy (non-hydrogen) atoms. The van der Waals surface area contributed by atoms with Crippen LogP contribution in [0.15, 0.2) is 0 Å². The zero-order valence-electron chi connectivity index (χ0n) is 12.8. The highest BCUT2D eigenvalue weighted by Gasteiger charge is 2.51. The number of alkyl halides is 3. The van der Waals surface area contributed by atoms with E-state index in [1.54, 1.807) is 13.2 Å². The number of rotatable bonds is 3. The Kier molecular flexibility index (Phi) is 5.69. The summed E-state index contributed by atoms with van der Waals surface area (Å²) in [4.78, 5) is 13.5. The van der Waals surface area contributed by atoms with Crippen molar-refractivity contribution >= 4 is 16.8 Å². The lowest BCUT2D eigenvalue weighted by atomic mass is 9.73. The first-order valence-electron chi connectivity index (χ1n) is 6.85. The number of urea groups is 1. The van der Waals surface area contributed by atoms with E-state index < -0.39 is 28.3 Å². The fourth-order valence-corrected chi connectivity index (χ4v) is 3.62. The summed E-state index contributed by atoms with van der Waals surface area (Å²) in [7, 11) is -1.03. The molecule has 0 spiro atoms. The lowest BCUT2D eigenvalue weighted by molar-refractivity contribution is -0.214. The van der Waals surface area contributed by atoms with Gasteiger partial charge < -0.3 is 10.2 Å². The van der Waals surface area contributed by atoms with E-state index in [0.717, 1.165) is 0 Å². The molecule has 0 radical (unpaired) electrons. The molecule has 8 heteroatoms. The fraction of sp³-hybridized carbons (Fsp3) is 0.923. The first-order chi connectivity index (χ1) is 9.43. The average molecular weight is 328 g/mol. The van der Waals surface area contributed by atoms with E-state index in [1.807, 2.05) is 0 Å². The SMILES string of the molecule is C[C@H](C[S@@](C)=O)NC(=O)N1CC[C@@H](C(F)(F)F)C(C)(C)C1. The number of halogens is 3. The highest BCUT2D eigenvalue weighted by atomic mass is 32.2. The summed E-state index contributed by atoms with van der Waals surface area (Å²) >= 11 is 0. The van der Waals surface area contributed by atoms with E-state index in [-0.39, 0.29) is 31.6 Å².